The van der Waals surface area contributed by atoms with Crippen LogP contribution in [0.1, 0.15) is 24.1 Å². The van der Waals surface area contributed by atoms with E-state index in [1.54, 1.807) is 0 Å². The molecular weight excluding hydrogens is 309 g/mol. The fourth-order valence-electron chi connectivity index (χ4n) is 2.02. The summed E-state index contributed by atoms with van der Waals surface area (Å²) >= 11 is 13.8. The lowest BCUT2D eigenvalue weighted by atomic mass is 10.00. The highest BCUT2D eigenvalue weighted by atomic mass is 35.5. The molecule has 1 atom stereocenters. The largest absolute Gasteiger partial charge is 0.324 e. The van der Waals surface area contributed by atoms with Crippen LogP contribution in [-0.4, -0.2) is 5.75 Å². The number of thioether (sulfide) groups is 1. The molecule has 2 rings (SSSR count). The van der Waals surface area contributed by atoms with E-state index in [9.17, 15) is 0 Å². The van der Waals surface area contributed by atoms with Crippen LogP contribution in [0.2, 0.25) is 10.0 Å². The third-order valence-electron chi connectivity index (χ3n) is 3.06. The molecule has 106 valence electrons. The molecule has 0 saturated carbocycles. The molecule has 0 radical (unpaired) electrons. The van der Waals surface area contributed by atoms with Crippen molar-refractivity contribution in [3.63, 3.8) is 0 Å². The fourth-order valence-corrected chi connectivity index (χ4v) is 3.00. The molecule has 0 saturated heterocycles. The summed E-state index contributed by atoms with van der Waals surface area (Å²) in [5.41, 5.74) is 8.49. The van der Waals surface area contributed by atoms with Gasteiger partial charge in [0, 0.05) is 10.9 Å². The van der Waals surface area contributed by atoms with Crippen LogP contribution in [0.15, 0.2) is 47.4 Å². The van der Waals surface area contributed by atoms with Crippen molar-refractivity contribution in [2.45, 2.75) is 24.3 Å². The molecule has 0 heterocycles. The predicted molar refractivity (Wildman–Crippen MR) is 89.9 cm³/mol. The minimum Gasteiger partial charge on any atom is -0.324 e. The normalized spacial score (nSPS) is 12.4. The van der Waals surface area contributed by atoms with Crippen LogP contribution in [0.5, 0.6) is 0 Å². The summed E-state index contributed by atoms with van der Waals surface area (Å²) in [7, 11) is 0. The Morgan fingerprint density at radius 1 is 1.05 bits per heavy atom. The molecule has 1 unspecified atom stereocenters. The Kier molecular flexibility index (Phi) is 5.79. The lowest BCUT2D eigenvalue weighted by Gasteiger charge is -2.13. The summed E-state index contributed by atoms with van der Waals surface area (Å²) in [5, 5.41) is 1.15. The van der Waals surface area contributed by atoms with E-state index in [1.807, 2.05) is 30.0 Å². The first-order valence-corrected chi connectivity index (χ1v) is 8.26. The average molecular weight is 326 g/mol. The molecule has 2 aromatic rings. The molecule has 1 nitrogen and oxygen atoms in total. The van der Waals surface area contributed by atoms with Gasteiger partial charge in [0.1, 0.15) is 0 Å². The summed E-state index contributed by atoms with van der Waals surface area (Å²) in [6, 6.07) is 14.1. The topological polar surface area (TPSA) is 26.0 Å². The van der Waals surface area contributed by atoms with Gasteiger partial charge in [0.25, 0.3) is 0 Å². The molecule has 20 heavy (non-hydrogen) atoms. The van der Waals surface area contributed by atoms with Gasteiger partial charge in [-0.25, -0.2) is 0 Å². The SMILES string of the molecule is CCSc1ccc(C(N)Cc2ccc(Cl)c(Cl)c2)cc1. The number of halogens is 2. The van der Waals surface area contributed by atoms with E-state index >= 15 is 0 Å². The first kappa shape index (κ1) is 15.7. The summed E-state index contributed by atoms with van der Waals surface area (Å²) in [4.78, 5) is 1.28. The Hall–Kier alpha value is -0.670. The number of benzene rings is 2. The van der Waals surface area contributed by atoms with Crippen molar-refractivity contribution in [3.05, 3.63) is 63.6 Å². The second-order valence-electron chi connectivity index (χ2n) is 4.56. The maximum absolute atomic E-state index is 6.26. The maximum Gasteiger partial charge on any atom is 0.0595 e. The molecule has 0 aliphatic carbocycles. The highest BCUT2D eigenvalue weighted by Gasteiger charge is 2.08. The highest BCUT2D eigenvalue weighted by molar-refractivity contribution is 7.99. The Balaban J connectivity index is 2.06. The second-order valence-corrected chi connectivity index (χ2v) is 6.71. The van der Waals surface area contributed by atoms with Crippen LogP contribution in [-0.2, 0) is 6.42 Å². The predicted octanol–water partition coefficient (Wildman–Crippen LogP) is 5.35. The Morgan fingerprint density at radius 2 is 1.75 bits per heavy atom. The first-order valence-electron chi connectivity index (χ1n) is 6.52. The molecule has 0 aromatic heterocycles. The maximum atomic E-state index is 6.26. The minimum atomic E-state index is -0.0343. The van der Waals surface area contributed by atoms with Gasteiger partial charge in [0.05, 0.1) is 10.0 Å². The number of hydrogen-bond acceptors (Lipinski definition) is 2. The Labute approximate surface area is 134 Å². The van der Waals surface area contributed by atoms with Crippen molar-refractivity contribution in [1.82, 2.24) is 0 Å². The molecule has 0 aliphatic heterocycles. The quantitative estimate of drug-likeness (QED) is 0.750. The van der Waals surface area contributed by atoms with Crippen molar-refractivity contribution >= 4 is 35.0 Å². The monoisotopic (exact) mass is 325 g/mol. The van der Waals surface area contributed by atoms with E-state index in [0.29, 0.717) is 10.0 Å². The molecule has 0 spiro atoms. The van der Waals surface area contributed by atoms with Gasteiger partial charge in [-0.05, 0) is 47.6 Å². The van der Waals surface area contributed by atoms with Crippen LogP contribution in [0.4, 0.5) is 0 Å². The van der Waals surface area contributed by atoms with Gasteiger partial charge in [-0.2, -0.15) is 0 Å². The second kappa shape index (κ2) is 7.37. The number of hydrogen-bond donors (Lipinski definition) is 1. The van der Waals surface area contributed by atoms with Crippen LogP contribution in [0, 0.1) is 0 Å². The van der Waals surface area contributed by atoms with E-state index < -0.39 is 0 Å². The molecule has 0 aliphatic rings. The summed E-state index contributed by atoms with van der Waals surface area (Å²) in [6.07, 6.45) is 0.747. The van der Waals surface area contributed by atoms with Crippen molar-refractivity contribution in [1.29, 1.82) is 0 Å². The van der Waals surface area contributed by atoms with Gasteiger partial charge in [-0.3, -0.25) is 0 Å². The third kappa shape index (κ3) is 4.16. The Bertz CT molecular complexity index is 569. The van der Waals surface area contributed by atoms with Crippen molar-refractivity contribution in [2.24, 2.45) is 5.73 Å². The number of rotatable bonds is 5. The molecular formula is C16H17Cl2NS. The van der Waals surface area contributed by atoms with Gasteiger partial charge in [-0.15, -0.1) is 11.8 Å². The molecule has 4 heteroatoms. The van der Waals surface area contributed by atoms with E-state index in [0.717, 1.165) is 23.3 Å². The first-order chi connectivity index (χ1) is 9.60. The smallest absolute Gasteiger partial charge is 0.0595 e. The summed E-state index contributed by atoms with van der Waals surface area (Å²) in [5.74, 6) is 1.08. The van der Waals surface area contributed by atoms with E-state index in [2.05, 4.69) is 31.2 Å². The number of nitrogens with two attached hydrogens (primary N) is 1. The zero-order valence-electron chi connectivity index (χ0n) is 11.3. The molecule has 0 amide bonds. The molecule has 2 N–H and O–H groups in total. The van der Waals surface area contributed by atoms with Gasteiger partial charge in [-0.1, -0.05) is 48.3 Å². The molecule has 0 fully saturated rings. The summed E-state index contributed by atoms with van der Waals surface area (Å²) in [6.45, 7) is 2.15. The lowest BCUT2D eigenvalue weighted by Crippen LogP contribution is -2.13. The average Bonchev–Trinajstić information content (AvgIpc) is 2.44. The van der Waals surface area contributed by atoms with Crippen LogP contribution >= 0.6 is 35.0 Å². The van der Waals surface area contributed by atoms with Gasteiger partial charge >= 0.3 is 0 Å². The van der Waals surface area contributed by atoms with Crippen LogP contribution < -0.4 is 5.73 Å². The van der Waals surface area contributed by atoms with Crippen molar-refractivity contribution in [2.75, 3.05) is 5.75 Å². The minimum absolute atomic E-state index is 0.0343. The van der Waals surface area contributed by atoms with Gasteiger partial charge < -0.3 is 5.73 Å². The zero-order chi connectivity index (χ0) is 14.5. The standard InChI is InChI=1S/C16H17Cl2NS/c1-2-20-13-6-4-12(5-7-13)16(19)10-11-3-8-14(17)15(18)9-11/h3-9,16H,2,10,19H2,1H3. The van der Waals surface area contributed by atoms with Crippen molar-refractivity contribution < 1.29 is 0 Å². The lowest BCUT2D eigenvalue weighted by molar-refractivity contribution is 0.721. The van der Waals surface area contributed by atoms with Crippen LogP contribution in [0.25, 0.3) is 0 Å². The molecule has 2 aromatic carbocycles. The third-order valence-corrected chi connectivity index (χ3v) is 4.69. The van der Waals surface area contributed by atoms with E-state index in [4.69, 9.17) is 28.9 Å². The van der Waals surface area contributed by atoms with Crippen molar-refractivity contribution in [3.8, 4) is 0 Å². The van der Waals surface area contributed by atoms with Gasteiger partial charge in [0.15, 0.2) is 0 Å². The molecule has 0 bridgehead atoms. The zero-order valence-corrected chi connectivity index (χ0v) is 13.6. The fraction of sp³-hybridized carbons (Fsp3) is 0.250. The summed E-state index contributed by atoms with van der Waals surface area (Å²) < 4.78 is 0. The highest BCUT2D eigenvalue weighted by Crippen LogP contribution is 2.26. The van der Waals surface area contributed by atoms with Gasteiger partial charge in [0.2, 0.25) is 0 Å². The Morgan fingerprint density at radius 3 is 2.35 bits per heavy atom. The van der Waals surface area contributed by atoms with E-state index in [1.165, 1.54) is 4.90 Å². The van der Waals surface area contributed by atoms with Crippen LogP contribution in [0.3, 0.4) is 0 Å². The van der Waals surface area contributed by atoms with E-state index in [-0.39, 0.29) is 6.04 Å².